The molecule has 0 aliphatic heterocycles. The first kappa shape index (κ1) is 33.7. The smallest absolute Gasteiger partial charge is 0.310 e. The number of nitrogens with zero attached hydrogens (tertiary/aromatic N) is 2. The summed E-state index contributed by atoms with van der Waals surface area (Å²) in [4.78, 5) is 56.7. The number of esters is 2. The fourth-order valence-electron chi connectivity index (χ4n) is 6.01. The van der Waals surface area contributed by atoms with Gasteiger partial charge in [0.1, 0.15) is 23.0 Å². The highest BCUT2D eigenvalue weighted by Gasteiger charge is 2.65. The highest BCUT2D eigenvalue weighted by Crippen LogP contribution is 2.49. The summed E-state index contributed by atoms with van der Waals surface area (Å²) in [7, 11) is 5.57. The largest absolute Gasteiger partial charge is 0.469 e. The lowest BCUT2D eigenvalue weighted by atomic mass is 9.55. The van der Waals surface area contributed by atoms with Gasteiger partial charge in [-0.05, 0) is 59.7 Å². The molecule has 0 radical (unpaired) electrons. The second kappa shape index (κ2) is 15.3. The quantitative estimate of drug-likeness (QED) is 0.179. The molecule has 1 aliphatic rings. The molecule has 0 heterocycles. The van der Waals surface area contributed by atoms with E-state index >= 15 is 0 Å². The molecule has 1 saturated carbocycles. The number of benzene rings is 4. The zero-order valence-electron chi connectivity index (χ0n) is 27.3. The summed E-state index contributed by atoms with van der Waals surface area (Å²) in [5.41, 5.74) is 1.62. The Balaban J connectivity index is 1.30. The van der Waals surface area contributed by atoms with Crippen molar-refractivity contribution >= 4 is 23.8 Å². The fourth-order valence-corrected chi connectivity index (χ4v) is 6.01. The minimum Gasteiger partial charge on any atom is -0.469 e. The molecule has 5 rings (SSSR count). The van der Waals surface area contributed by atoms with E-state index in [2.05, 4.69) is 0 Å². The summed E-state index contributed by atoms with van der Waals surface area (Å²) < 4.78 is 21.7. The van der Waals surface area contributed by atoms with Crippen molar-refractivity contribution in [2.75, 3.05) is 28.3 Å². The molecular weight excluding hydrogens is 612 g/mol. The molecule has 248 valence electrons. The summed E-state index contributed by atoms with van der Waals surface area (Å²) in [6.45, 7) is 0.401. The van der Waals surface area contributed by atoms with E-state index in [9.17, 15) is 19.2 Å². The molecule has 0 N–H and O–H groups in total. The van der Waals surface area contributed by atoms with Crippen molar-refractivity contribution in [2.24, 2.45) is 23.7 Å². The highest BCUT2D eigenvalue weighted by molar-refractivity contribution is 6.00. The number of ether oxygens (including phenoxy) is 4. The molecule has 1 fully saturated rings. The third-order valence-electron chi connectivity index (χ3n) is 8.46. The van der Waals surface area contributed by atoms with Gasteiger partial charge in [-0.1, -0.05) is 60.7 Å². The first-order valence-electron chi connectivity index (χ1n) is 15.5. The van der Waals surface area contributed by atoms with E-state index in [1.807, 2.05) is 84.9 Å². The van der Waals surface area contributed by atoms with Gasteiger partial charge in [-0.2, -0.15) is 0 Å². The van der Waals surface area contributed by atoms with Crippen LogP contribution in [0, 0.1) is 23.7 Å². The van der Waals surface area contributed by atoms with Crippen molar-refractivity contribution in [1.29, 1.82) is 0 Å². The number of amides is 2. The molecular formula is C38H38N2O8. The van der Waals surface area contributed by atoms with Gasteiger partial charge in [0.25, 0.3) is 0 Å². The second-order valence-corrected chi connectivity index (χ2v) is 11.7. The molecule has 1 aliphatic carbocycles. The van der Waals surface area contributed by atoms with Gasteiger partial charge in [-0.25, -0.2) is 0 Å². The van der Waals surface area contributed by atoms with Gasteiger partial charge in [0.15, 0.2) is 0 Å². The van der Waals surface area contributed by atoms with Crippen molar-refractivity contribution in [3.05, 3.63) is 120 Å². The molecule has 4 atom stereocenters. The maximum Gasteiger partial charge on any atom is 0.310 e. The van der Waals surface area contributed by atoms with Crippen LogP contribution in [-0.2, 0) is 41.7 Å². The van der Waals surface area contributed by atoms with E-state index in [-0.39, 0.29) is 13.1 Å². The van der Waals surface area contributed by atoms with Crippen LogP contribution in [0.25, 0.3) is 0 Å². The summed E-state index contributed by atoms with van der Waals surface area (Å²) in [6, 6.07) is 33.3. The monoisotopic (exact) mass is 650 g/mol. The van der Waals surface area contributed by atoms with Gasteiger partial charge in [-0.3, -0.25) is 19.2 Å². The predicted molar refractivity (Wildman–Crippen MR) is 177 cm³/mol. The van der Waals surface area contributed by atoms with Gasteiger partial charge < -0.3 is 28.7 Å². The number of methoxy groups -OCH3 is 2. The van der Waals surface area contributed by atoms with Gasteiger partial charge in [0.05, 0.1) is 37.9 Å². The Labute approximate surface area is 279 Å². The molecule has 10 heteroatoms. The van der Waals surface area contributed by atoms with Gasteiger partial charge in [0.2, 0.25) is 11.8 Å². The maximum atomic E-state index is 14.0. The highest BCUT2D eigenvalue weighted by atomic mass is 16.5. The van der Waals surface area contributed by atoms with Crippen LogP contribution in [-0.4, -0.2) is 61.9 Å². The maximum absolute atomic E-state index is 14.0. The van der Waals surface area contributed by atoms with Crippen LogP contribution in [0.3, 0.4) is 0 Å². The normalized spacial score (nSPS) is 18.1. The molecule has 10 nitrogen and oxygen atoms in total. The van der Waals surface area contributed by atoms with Crippen molar-refractivity contribution in [2.45, 2.75) is 13.1 Å². The lowest BCUT2D eigenvalue weighted by Gasteiger charge is -2.48. The Morgan fingerprint density at radius 3 is 1.10 bits per heavy atom. The summed E-state index contributed by atoms with van der Waals surface area (Å²) in [6.07, 6.45) is 0. The van der Waals surface area contributed by atoms with Crippen LogP contribution >= 0.6 is 0 Å². The summed E-state index contributed by atoms with van der Waals surface area (Å²) in [5.74, 6) is -4.32. The lowest BCUT2D eigenvalue weighted by molar-refractivity contribution is -0.189. The van der Waals surface area contributed by atoms with Crippen LogP contribution in [0.5, 0.6) is 23.0 Å². The molecule has 4 aromatic rings. The topological polar surface area (TPSA) is 112 Å². The van der Waals surface area contributed by atoms with Crippen LogP contribution < -0.4 is 9.47 Å². The van der Waals surface area contributed by atoms with Crippen LogP contribution in [0.15, 0.2) is 109 Å². The van der Waals surface area contributed by atoms with Gasteiger partial charge in [0, 0.05) is 27.2 Å². The fraction of sp³-hybridized carbons (Fsp3) is 0.263. The SMILES string of the molecule is COC(=O)[C@H]1[C@H](C(=O)OC)[C@H](C(=O)N(C)Cc2ccc(Oc3ccccc3)cc2)[C@H]1C(=O)N(C)Cc1ccc(Oc2ccccc2)cc1. The first-order valence-corrected chi connectivity index (χ1v) is 15.5. The van der Waals surface area contributed by atoms with E-state index in [0.29, 0.717) is 23.0 Å². The van der Waals surface area contributed by atoms with Crippen molar-refractivity contribution < 1.29 is 38.1 Å². The number of hydrogen-bond donors (Lipinski definition) is 0. The first-order chi connectivity index (χ1) is 23.2. The number of carbonyl (C=O) groups excluding carboxylic acids is 4. The zero-order chi connectivity index (χ0) is 34.2. The molecule has 0 bridgehead atoms. The number of para-hydroxylation sites is 2. The number of hydrogen-bond acceptors (Lipinski definition) is 8. The molecule has 0 unspecified atom stereocenters. The number of carbonyl (C=O) groups is 4. The predicted octanol–water partition coefficient (Wildman–Crippen LogP) is 5.71. The molecule has 4 aromatic carbocycles. The minimum atomic E-state index is -1.17. The molecule has 0 aromatic heterocycles. The molecule has 0 spiro atoms. The van der Waals surface area contributed by atoms with Gasteiger partial charge >= 0.3 is 11.9 Å². The van der Waals surface area contributed by atoms with Crippen LogP contribution in [0.2, 0.25) is 0 Å². The second-order valence-electron chi connectivity index (χ2n) is 11.7. The Morgan fingerprint density at radius 1 is 0.479 bits per heavy atom. The minimum absolute atomic E-state index is 0.200. The molecule has 48 heavy (non-hydrogen) atoms. The Bertz CT molecular complexity index is 1580. The summed E-state index contributed by atoms with van der Waals surface area (Å²) >= 11 is 0. The Hall–Kier alpha value is -5.64. The van der Waals surface area contributed by atoms with E-state index in [1.165, 1.54) is 24.0 Å². The van der Waals surface area contributed by atoms with E-state index in [4.69, 9.17) is 18.9 Å². The third kappa shape index (κ3) is 7.66. The van der Waals surface area contributed by atoms with Crippen LogP contribution in [0.4, 0.5) is 0 Å². The zero-order valence-corrected chi connectivity index (χ0v) is 27.3. The molecule has 2 amide bonds. The average molecular weight is 651 g/mol. The standard InChI is InChI=1S/C38H38N2O8/c1-39(23-25-15-19-29(20-16-25)47-27-11-7-5-8-12-27)35(41)31-32(34(38(44)46-4)33(31)37(43)45-3)36(42)40(2)24-26-17-21-30(22-18-26)48-28-13-9-6-10-14-28/h5-22,31-34H,23-24H2,1-4H3/t31-,32-,33-,34-/m1/s1. The van der Waals surface area contributed by atoms with E-state index in [1.54, 1.807) is 38.4 Å². The van der Waals surface area contributed by atoms with Crippen molar-refractivity contribution in [3.8, 4) is 23.0 Å². The number of rotatable bonds is 12. The lowest BCUT2D eigenvalue weighted by Crippen LogP contribution is -2.64. The average Bonchev–Trinajstić information content (AvgIpc) is 3.10. The van der Waals surface area contributed by atoms with Crippen LogP contribution in [0.1, 0.15) is 11.1 Å². The third-order valence-corrected chi connectivity index (χ3v) is 8.46. The molecule has 0 saturated heterocycles. The Morgan fingerprint density at radius 2 is 0.792 bits per heavy atom. The summed E-state index contributed by atoms with van der Waals surface area (Å²) in [5, 5.41) is 0. The van der Waals surface area contributed by atoms with E-state index < -0.39 is 47.4 Å². The van der Waals surface area contributed by atoms with Gasteiger partial charge in [-0.15, -0.1) is 0 Å². The van der Waals surface area contributed by atoms with Crippen molar-refractivity contribution in [1.82, 2.24) is 9.80 Å². The van der Waals surface area contributed by atoms with Crippen molar-refractivity contribution in [3.63, 3.8) is 0 Å². The Kier molecular flexibility index (Phi) is 10.7. The van der Waals surface area contributed by atoms with E-state index in [0.717, 1.165) is 11.1 Å².